The molecule has 0 saturated heterocycles. The molecule has 7 heteroatoms. The van der Waals surface area contributed by atoms with E-state index in [9.17, 15) is 0 Å². The van der Waals surface area contributed by atoms with Crippen LogP contribution >= 0.6 is 0 Å². The van der Waals surface area contributed by atoms with Crippen LogP contribution in [0.25, 0.3) is 0 Å². The van der Waals surface area contributed by atoms with Crippen molar-refractivity contribution in [2.75, 3.05) is 92.5 Å². The summed E-state index contributed by atoms with van der Waals surface area (Å²) in [6.07, 6.45) is 0. The van der Waals surface area contributed by atoms with Gasteiger partial charge in [-0.3, -0.25) is 0 Å². The van der Waals surface area contributed by atoms with Crippen LogP contribution in [0.4, 0.5) is 0 Å². The Morgan fingerprint density at radius 2 is 0.483 bits per heavy atom. The highest BCUT2D eigenvalue weighted by molar-refractivity contribution is 4.83. The van der Waals surface area contributed by atoms with Crippen molar-refractivity contribution in [3.05, 3.63) is 0 Å². The van der Waals surface area contributed by atoms with Gasteiger partial charge in [0.25, 0.3) is 0 Å². The van der Waals surface area contributed by atoms with E-state index in [-0.39, 0.29) is 10.8 Å². The summed E-state index contributed by atoms with van der Waals surface area (Å²) in [6.45, 7) is 19.9. The smallest absolute Gasteiger partial charge is 0.0637 e. The molecule has 0 N–H and O–H groups in total. The van der Waals surface area contributed by atoms with Crippen molar-refractivity contribution >= 4 is 0 Å². The summed E-state index contributed by atoms with van der Waals surface area (Å²) in [5.41, 5.74) is -0.701. The van der Waals surface area contributed by atoms with Crippen LogP contribution in [0, 0.1) is 10.8 Å². The molecule has 0 rings (SSSR count). The van der Waals surface area contributed by atoms with Gasteiger partial charge in [0.05, 0.1) is 63.7 Å². The second kappa shape index (κ2) is 18.5. The van der Waals surface area contributed by atoms with E-state index in [0.717, 1.165) is 0 Å². The van der Waals surface area contributed by atoms with Crippen molar-refractivity contribution in [2.24, 2.45) is 10.8 Å². The Balaban J connectivity index is 5.21. The molecule has 7 nitrogen and oxygen atoms in total. The summed E-state index contributed by atoms with van der Waals surface area (Å²) >= 11 is 0. The standard InChI is InChI=1S/C22H46O7/c1-7-23-13-21(14-24-8-2,15-25-9-3)19-29-20-22(16-26-10-4,17-27-11-5)18-28-12-6/h7-20H2,1-6H3. The zero-order valence-electron chi connectivity index (χ0n) is 19.8. The maximum atomic E-state index is 6.27. The Morgan fingerprint density at radius 1 is 0.310 bits per heavy atom. The fraction of sp³-hybridized carbons (Fsp3) is 1.00. The lowest BCUT2D eigenvalue weighted by molar-refractivity contribution is -0.139. The molecule has 0 amide bonds. The van der Waals surface area contributed by atoms with Gasteiger partial charge in [-0.25, -0.2) is 0 Å². The molecule has 29 heavy (non-hydrogen) atoms. The molecule has 0 radical (unpaired) electrons. The van der Waals surface area contributed by atoms with Gasteiger partial charge in [-0.15, -0.1) is 0 Å². The highest BCUT2D eigenvalue weighted by Crippen LogP contribution is 2.25. The minimum Gasteiger partial charge on any atom is -0.381 e. The molecule has 0 unspecified atom stereocenters. The largest absolute Gasteiger partial charge is 0.381 e. The van der Waals surface area contributed by atoms with Crippen LogP contribution in [0.3, 0.4) is 0 Å². The molecule has 0 aromatic rings. The molecule has 176 valence electrons. The Morgan fingerprint density at radius 3 is 0.655 bits per heavy atom. The molecule has 0 aromatic carbocycles. The van der Waals surface area contributed by atoms with E-state index in [4.69, 9.17) is 33.2 Å². The summed E-state index contributed by atoms with van der Waals surface area (Å²) in [5, 5.41) is 0. The number of hydrogen-bond donors (Lipinski definition) is 0. The first-order valence-electron chi connectivity index (χ1n) is 11.1. The monoisotopic (exact) mass is 422 g/mol. The lowest BCUT2D eigenvalue weighted by Gasteiger charge is -2.36. The number of hydrogen-bond acceptors (Lipinski definition) is 7. The van der Waals surface area contributed by atoms with E-state index in [0.29, 0.717) is 92.5 Å². The van der Waals surface area contributed by atoms with Gasteiger partial charge in [0.15, 0.2) is 0 Å². The lowest BCUT2D eigenvalue weighted by Crippen LogP contribution is -2.46. The van der Waals surface area contributed by atoms with Gasteiger partial charge in [0.1, 0.15) is 0 Å². The first kappa shape index (κ1) is 28.7. The highest BCUT2D eigenvalue weighted by Gasteiger charge is 2.36. The summed E-state index contributed by atoms with van der Waals surface area (Å²) in [6, 6.07) is 0. The lowest BCUT2D eigenvalue weighted by atomic mass is 9.90. The predicted molar refractivity (Wildman–Crippen MR) is 115 cm³/mol. The molecule has 0 aliphatic heterocycles. The third-order valence-electron chi connectivity index (χ3n) is 4.49. The Bertz CT molecular complexity index is 277. The fourth-order valence-electron chi connectivity index (χ4n) is 2.90. The van der Waals surface area contributed by atoms with Crippen LogP contribution in [0.1, 0.15) is 41.5 Å². The number of rotatable bonds is 22. The van der Waals surface area contributed by atoms with Gasteiger partial charge < -0.3 is 33.2 Å². The molecule has 0 atom stereocenters. The van der Waals surface area contributed by atoms with E-state index in [1.807, 2.05) is 41.5 Å². The van der Waals surface area contributed by atoms with E-state index in [1.165, 1.54) is 0 Å². The molecule has 0 heterocycles. The third-order valence-corrected chi connectivity index (χ3v) is 4.49. The minimum atomic E-state index is -0.351. The van der Waals surface area contributed by atoms with Crippen molar-refractivity contribution in [2.45, 2.75) is 41.5 Å². The molecular formula is C22H46O7. The van der Waals surface area contributed by atoms with Crippen molar-refractivity contribution < 1.29 is 33.2 Å². The first-order chi connectivity index (χ1) is 14.1. The van der Waals surface area contributed by atoms with Crippen LogP contribution < -0.4 is 0 Å². The second-order valence-corrected chi connectivity index (χ2v) is 7.32. The van der Waals surface area contributed by atoms with Crippen molar-refractivity contribution in [3.8, 4) is 0 Å². The van der Waals surface area contributed by atoms with Gasteiger partial charge in [0, 0.05) is 39.6 Å². The van der Waals surface area contributed by atoms with Crippen molar-refractivity contribution in [3.63, 3.8) is 0 Å². The predicted octanol–water partition coefficient (Wildman–Crippen LogP) is 3.19. The molecule has 0 aliphatic rings. The van der Waals surface area contributed by atoms with Crippen LogP contribution in [-0.4, -0.2) is 92.5 Å². The van der Waals surface area contributed by atoms with Crippen LogP contribution in [-0.2, 0) is 33.2 Å². The van der Waals surface area contributed by atoms with E-state index < -0.39 is 0 Å². The average Bonchev–Trinajstić information content (AvgIpc) is 2.75. The number of ether oxygens (including phenoxy) is 7. The summed E-state index contributed by atoms with van der Waals surface area (Å²) in [4.78, 5) is 0. The third kappa shape index (κ3) is 12.9. The maximum Gasteiger partial charge on any atom is 0.0637 e. The van der Waals surface area contributed by atoms with Crippen LogP contribution in [0.2, 0.25) is 0 Å². The highest BCUT2D eigenvalue weighted by atomic mass is 16.5. The van der Waals surface area contributed by atoms with Gasteiger partial charge in [-0.05, 0) is 41.5 Å². The molecule has 0 bridgehead atoms. The fourth-order valence-corrected chi connectivity index (χ4v) is 2.90. The van der Waals surface area contributed by atoms with Crippen molar-refractivity contribution in [1.82, 2.24) is 0 Å². The van der Waals surface area contributed by atoms with E-state index in [1.54, 1.807) is 0 Å². The van der Waals surface area contributed by atoms with Gasteiger partial charge in [-0.2, -0.15) is 0 Å². The molecule has 0 spiro atoms. The molecule has 0 saturated carbocycles. The van der Waals surface area contributed by atoms with Gasteiger partial charge in [0.2, 0.25) is 0 Å². The summed E-state index contributed by atoms with van der Waals surface area (Å²) < 4.78 is 40.8. The van der Waals surface area contributed by atoms with Crippen LogP contribution in [0.15, 0.2) is 0 Å². The molecular weight excluding hydrogens is 376 g/mol. The first-order valence-corrected chi connectivity index (χ1v) is 11.1. The molecule has 0 fully saturated rings. The Labute approximate surface area is 178 Å². The normalized spacial score (nSPS) is 12.6. The zero-order chi connectivity index (χ0) is 21.8. The van der Waals surface area contributed by atoms with Crippen molar-refractivity contribution in [1.29, 1.82) is 0 Å². The van der Waals surface area contributed by atoms with Gasteiger partial charge >= 0.3 is 0 Å². The summed E-state index contributed by atoms with van der Waals surface area (Å²) in [5.74, 6) is 0. The Hall–Kier alpha value is -0.280. The topological polar surface area (TPSA) is 64.6 Å². The molecule has 0 aliphatic carbocycles. The van der Waals surface area contributed by atoms with E-state index in [2.05, 4.69) is 0 Å². The SMILES string of the molecule is CCOCC(COCC)(COCC)COCC(COCC)(COCC)COCC. The average molecular weight is 423 g/mol. The summed E-state index contributed by atoms with van der Waals surface area (Å²) in [7, 11) is 0. The molecule has 0 aromatic heterocycles. The van der Waals surface area contributed by atoms with Gasteiger partial charge in [-0.1, -0.05) is 0 Å². The van der Waals surface area contributed by atoms with E-state index >= 15 is 0 Å². The maximum absolute atomic E-state index is 6.27. The zero-order valence-corrected chi connectivity index (χ0v) is 19.8. The minimum absolute atomic E-state index is 0.351. The quantitative estimate of drug-likeness (QED) is 0.265. The second-order valence-electron chi connectivity index (χ2n) is 7.32. The Kier molecular flexibility index (Phi) is 18.3. The van der Waals surface area contributed by atoms with Crippen LogP contribution in [0.5, 0.6) is 0 Å².